The number of nitrogens with one attached hydrogen (secondary N) is 1. The van der Waals surface area contributed by atoms with E-state index in [4.69, 9.17) is 12.2 Å². The zero-order valence-electron chi connectivity index (χ0n) is 11.5. The van der Waals surface area contributed by atoms with Crippen LogP contribution in [0.15, 0.2) is 42.9 Å². The summed E-state index contributed by atoms with van der Waals surface area (Å²) in [6.07, 6.45) is 5.81. The van der Waals surface area contributed by atoms with Crippen molar-refractivity contribution in [2.75, 3.05) is 13.1 Å². The molecule has 2 aromatic rings. The minimum atomic E-state index is 0.160. The van der Waals surface area contributed by atoms with E-state index in [1.807, 2.05) is 12.4 Å². The van der Waals surface area contributed by atoms with Crippen molar-refractivity contribution in [3.8, 4) is 0 Å². The number of hydrogen-bond donors (Lipinski definition) is 1. The Morgan fingerprint density at radius 1 is 1.35 bits per heavy atom. The van der Waals surface area contributed by atoms with Gasteiger partial charge in [-0.1, -0.05) is 0 Å². The lowest BCUT2D eigenvalue weighted by Crippen LogP contribution is -2.47. The molecule has 0 aromatic carbocycles. The number of fused-ring (bicyclic) bond motifs is 1. The molecule has 0 saturated carbocycles. The first-order valence-electron chi connectivity index (χ1n) is 6.90. The molecule has 0 radical (unpaired) electrons. The maximum absolute atomic E-state index is 5.54. The van der Waals surface area contributed by atoms with Crippen LogP contribution in [-0.4, -0.2) is 32.7 Å². The number of thiocarbonyl (C=S) groups is 1. The largest absolute Gasteiger partial charge is 0.363 e. The van der Waals surface area contributed by atoms with Gasteiger partial charge in [0, 0.05) is 43.9 Å². The highest BCUT2D eigenvalue weighted by atomic mass is 32.1. The van der Waals surface area contributed by atoms with Gasteiger partial charge in [-0.3, -0.25) is 4.98 Å². The van der Waals surface area contributed by atoms with Crippen LogP contribution in [0, 0.1) is 0 Å². The molecule has 3 rings (SSSR count). The van der Waals surface area contributed by atoms with Gasteiger partial charge in [0.15, 0.2) is 5.11 Å². The molecule has 1 N–H and O–H groups in total. The molecular weight excluding hydrogens is 268 g/mol. The summed E-state index contributed by atoms with van der Waals surface area (Å²) in [5.41, 5.74) is 2.50. The summed E-state index contributed by atoms with van der Waals surface area (Å²) >= 11 is 5.54. The molecule has 0 fully saturated rings. The third-order valence-electron chi connectivity index (χ3n) is 3.65. The van der Waals surface area contributed by atoms with Gasteiger partial charge in [0.2, 0.25) is 0 Å². The molecule has 1 atom stereocenters. The number of aromatic nitrogens is 2. The Bertz CT molecular complexity index is 593. The second-order valence-electron chi connectivity index (χ2n) is 4.84. The van der Waals surface area contributed by atoms with Crippen LogP contribution in [0.4, 0.5) is 0 Å². The highest BCUT2D eigenvalue weighted by Crippen LogP contribution is 2.31. The summed E-state index contributed by atoms with van der Waals surface area (Å²) in [5.74, 6) is 0. The standard InChI is InChI=1S/C15H18N4S/c1-2-17-15(20)19-11-10-18-9-3-4-13(18)14(19)12-5-7-16-8-6-12/h3-9,14H,2,10-11H2,1H3,(H,17,20)/t14-/m0/s1. The van der Waals surface area contributed by atoms with Crippen LogP contribution in [0.2, 0.25) is 0 Å². The van der Waals surface area contributed by atoms with Gasteiger partial charge in [-0.25, -0.2) is 0 Å². The average Bonchev–Trinajstić information content (AvgIpc) is 2.95. The second-order valence-corrected chi connectivity index (χ2v) is 5.23. The normalized spacial score (nSPS) is 17.6. The maximum Gasteiger partial charge on any atom is 0.169 e. The lowest BCUT2D eigenvalue weighted by molar-refractivity contribution is 0.286. The lowest BCUT2D eigenvalue weighted by atomic mass is 10.0. The van der Waals surface area contributed by atoms with E-state index < -0.39 is 0 Å². The molecule has 0 bridgehead atoms. The summed E-state index contributed by atoms with van der Waals surface area (Å²) < 4.78 is 2.30. The zero-order chi connectivity index (χ0) is 13.9. The topological polar surface area (TPSA) is 33.1 Å². The van der Waals surface area contributed by atoms with Crippen LogP contribution in [0.25, 0.3) is 0 Å². The number of hydrogen-bond acceptors (Lipinski definition) is 2. The number of rotatable bonds is 2. The molecule has 3 heterocycles. The summed E-state index contributed by atoms with van der Waals surface area (Å²) in [6.45, 7) is 4.80. The van der Waals surface area contributed by atoms with Crippen molar-refractivity contribution >= 4 is 17.3 Å². The van der Waals surface area contributed by atoms with E-state index in [9.17, 15) is 0 Å². The third-order valence-corrected chi connectivity index (χ3v) is 4.03. The van der Waals surface area contributed by atoms with Crippen molar-refractivity contribution in [1.82, 2.24) is 19.8 Å². The highest BCUT2D eigenvalue weighted by molar-refractivity contribution is 7.80. The predicted molar refractivity (Wildman–Crippen MR) is 83.5 cm³/mol. The second kappa shape index (κ2) is 5.63. The Hall–Kier alpha value is -1.88. The summed E-state index contributed by atoms with van der Waals surface area (Å²) in [7, 11) is 0. The average molecular weight is 286 g/mol. The Morgan fingerprint density at radius 3 is 2.90 bits per heavy atom. The first-order chi connectivity index (χ1) is 9.81. The molecule has 5 heteroatoms. The summed E-state index contributed by atoms with van der Waals surface area (Å²) in [5, 5.41) is 4.09. The first kappa shape index (κ1) is 13.1. The number of pyridine rings is 1. The van der Waals surface area contributed by atoms with E-state index in [0.717, 1.165) is 24.7 Å². The SMILES string of the molecule is CCNC(=S)N1CCn2cccc2[C@@H]1c1ccncc1. The smallest absolute Gasteiger partial charge is 0.169 e. The van der Waals surface area contributed by atoms with E-state index in [2.05, 4.69) is 57.2 Å². The van der Waals surface area contributed by atoms with Crippen molar-refractivity contribution in [1.29, 1.82) is 0 Å². The molecule has 20 heavy (non-hydrogen) atoms. The van der Waals surface area contributed by atoms with Crippen molar-refractivity contribution in [3.63, 3.8) is 0 Å². The Balaban J connectivity index is 2.01. The minimum absolute atomic E-state index is 0.160. The summed E-state index contributed by atoms with van der Waals surface area (Å²) in [6, 6.07) is 8.56. The fourth-order valence-corrected chi connectivity index (χ4v) is 3.09. The first-order valence-corrected chi connectivity index (χ1v) is 7.31. The van der Waals surface area contributed by atoms with E-state index in [-0.39, 0.29) is 6.04 Å². The fourth-order valence-electron chi connectivity index (χ4n) is 2.75. The lowest BCUT2D eigenvalue weighted by Gasteiger charge is -2.39. The van der Waals surface area contributed by atoms with Crippen LogP contribution in [-0.2, 0) is 6.54 Å². The Kier molecular flexibility index (Phi) is 3.69. The van der Waals surface area contributed by atoms with E-state index in [1.165, 1.54) is 11.3 Å². The summed E-state index contributed by atoms with van der Waals surface area (Å²) in [4.78, 5) is 6.38. The van der Waals surface area contributed by atoms with Gasteiger partial charge >= 0.3 is 0 Å². The molecular formula is C15H18N4S. The minimum Gasteiger partial charge on any atom is -0.363 e. The van der Waals surface area contributed by atoms with Crippen LogP contribution in [0.3, 0.4) is 0 Å². The molecule has 4 nitrogen and oxygen atoms in total. The molecule has 2 aromatic heterocycles. The van der Waals surface area contributed by atoms with E-state index in [0.29, 0.717) is 0 Å². The van der Waals surface area contributed by atoms with Crippen molar-refractivity contribution < 1.29 is 0 Å². The van der Waals surface area contributed by atoms with Gasteiger partial charge in [-0.2, -0.15) is 0 Å². The molecule has 1 aliphatic heterocycles. The van der Waals surface area contributed by atoms with Crippen LogP contribution in [0.1, 0.15) is 24.2 Å². The van der Waals surface area contributed by atoms with Crippen molar-refractivity contribution in [2.45, 2.75) is 19.5 Å². The number of nitrogens with zero attached hydrogens (tertiary/aromatic N) is 3. The molecule has 0 unspecified atom stereocenters. The van der Waals surface area contributed by atoms with E-state index in [1.54, 1.807) is 0 Å². The Morgan fingerprint density at radius 2 is 2.15 bits per heavy atom. The van der Waals surface area contributed by atoms with Gasteiger partial charge in [0.05, 0.1) is 6.04 Å². The van der Waals surface area contributed by atoms with E-state index >= 15 is 0 Å². The van der Waals surface area contributed by atoms with Crippen LogP contribution < -0.4 is 5.32 Å². The highest BCUT2D eigenvalue weighted by Gasteiger charge is 2.30. The maximum atomic E-state index is 5.54. The molecule has 0 aliphatic carbocycles. The van der Waals surface area contributed by atoms with Gasteiger partial charge < -0.3 is 14.8 Å². The molecule has 0 amide bonds. The van der Waals surface area contributed by atoms with Gasteiger partial charge in [0.25, 0.3) is 0 Å². The van der Waals surface area contributed by atoms with Gasteiger partial charge in [-0.15, -0.1) is 0 Å². The Labute approximate surface area is 124 Å². The molecule has 104 valence electrons. The predicted octanol–water partition coefficient (Wildman–Crippen LogP) is 2.18. The third kappa shape index (κ3) is 2.29. The van der Waals surface area contributed by atoms with Gasteiger partial charge in [-0.05, 0) is 49.0 Å². The van der Waals surface area contributed by atoms with Crippen LogP contribution >= 0.6 is 12.2 Å². The quantitative estimate of drug-likeness (QED) is 0.858. The fraction of sp³-hybridized carbons (Fsp3) is 0.333. The molecule has 1 aliphatic rings. The zero-order valence-corrected chi connectivity index (χ0v) is 12.3. The van der Waals surface area contributed by atoms with Crippen molar-refractivity contribution in [2.24, 2.45) is 0 Å². The van der Waals surface area contributed by atoms with Crippen molar-refractivity contribution in [3.05, 3.63) is 54.1 Å². The van der Waals surface area contributed by atoms with Crippen LogP contribution in [0.5, 0.6) is 0 Å². The molecule has 0 saturated heterocycles. The monoisotopic (exact) mass is 286 g/mol. The van der Waals surface area contributed by atoms with Gasteiger partial charge in [0.1, 0.15) is 0 Å². The molecule has 0 spiro atoms.